The molecule has 3 fully saturated rings. The summed E-state index contributed by atoms with van der Waals surface area (Å²) in [6.07, 6.45) is 4.09. The quantitative estimate of drug-likeness (QED) is 0.816. The number of ether oxygens (including phenoxy) is 1. The lowest BCUT2D eigenvalue weighted by Crippen LogP contribution is -2.49. The fraction of sp³-hybridized carbons (Fsp3) is 0.684. The number of aromatic nitrogens is 2. The van der Waals surface area contributed by atoms with E-state index in [1.54, 1.807) is 12.1 Å². The molecule has 8 heteroatoms. The molecule has 2 amide bonds. The number of carbonyl (C=O) groups is 2. The predicted octanol–water partition coefficient (Wildman–Crippen LogP) is 1.67. The zero-order chi connectivity index (χ0) is 18.8. The van der Waals surface area contributed by atoms with E-state index in [-0.39, 0.29) is 11.8 Å². The van der Waals surface area contributed by atoms with Crippen LogP contribution in [0.3, 0.4) is 0 Å². The van der Waals surface area contributed by atoms with Crippen molar-refractivity contribution < 1.29 is 14.3 Å². The number of anilines is 1. The lowest BCUT2D eigenvalue weighted by atomic mass is 10.2. The minimum absolute atomic E-state index is 0.194. The van der Waals surface area contributed by atoms with E-state index in [2.05, 4.69) is 27.3 Å². The van der Waals surface area contributed by atoms with E-state index in [9.17, 15) is 9.59 Å². The molecule has 4 rings (SSSR count). The number of hydrogen-bond acceptors (Lipinski definition) is 6. The molecule has 1 N–H and O–H groups in total. The first kappa shape index (κ1) is 18.0. The maximum absolute atomic E-state index is 12.3. The Hall–Kier alpha value is -2.38. The van der Waals surface area contributed by atoms with E-state index in [1.165, 1.54) is 12.8 Å². The largest absolute Gasteiger partial charge is 0.413 e. The van der Waals surface area contributed by atoms with Crippen LogP contribution in [0.1, 0.15) is 32.6 Å². The highest BCUT2D eigenvalue weighted by molar-refractivity contribution is 5.81. The molecule has 146 valence electrons. The lowest BCUT2D eigenvalue weighted by molar-refractivity contribution is -0.133. The molecule has 0 aromatic carbocycles. The molecular formula is C19H27N5O3. The zero-order valence-corrected chi connectivity index (χ0v) is 15.8. The first-order chi connectivity index (χ1) is 13.1. The van der Waals surface area contributed by atoms with Crippen molar-refractivity contribution in [1.29, 1.82) is 0 Å². The van der Waals surface area contributed by atoms with Crippen LogP contribution in [0.4, 0.5) is 10.6 Å². The number of nitrogens with one attached hydrogen (secondary N) is 1. The minimum Gasteiger partial charge on any atom is -0.390 e. The maximum Gasteiger partial charge on any atom is 0.413 e. The average molecular weight is 373 g/mol. The normalized spacial score (nSPS) is 24.5. The number of nitrogens with zero attached hydrogens (tertiary/aromatic N) is 4. The SMILES string of the molecule is CC1CC1C(=O)N1CCN(c2ccc(OC(=O)NCCC3CC3)nn2)CC1. The van der Waals surface area contributed by atoms with Crippen LogP contribution in [-0.4, -0.2) is 59.8 Å². The Morgan fingerprint density at radius 3 is 2.52 bits per heavy atom. The summed E-state index contributed by atoms with van der Waals surface area (Å²) in [5.41, 5.74) is 0. The van der Waals surface area contributed by atoms with Gasteiger partial charge < -0.3 is 19.9 Å². The number of hydrogen-bond donors (Lipinski definition) is 1. The smallest absolute Gasteiger partial charge is 0.390 e. The molecule has 2 atom stereocenters. The van der Waals surface area contributed by atoms with Crippen molar-refractivity contribution in [2.24, 2.45) is 17.8 Å². The Balaban J connectivity index is 1.21. The number of carbonyl (C=O) groups excluding carboxylic acids is 2. The highest BCUT2D eigenvalue weighted by atomic mass is 16.6. The third kappa shape index (κ3) is 4.67. The molecule has 2 heterocycles. The van der Waals surface area contributed by atoms with Gasteiger partial charge in [-0.3, -0.25) is 4.79 Å². The van der Waals surface area contributed by atoms with Gasteiger partial charge in [-0.2, -0.15) is 0 Å². The predicted molar refractivity (Wildman–Crippen MR) is 99.5 cm³/mol. The summed E-state index contributed by atoms with van der Waals surface area (Å²) in [5, 5.41) is 10.9. The van der Waals surface area contributed by atoms with Crippen molar-refractivity contribution >= 4 is 17.8 Å². The molecule has 1 aromatic rings. The van der Waals surface area contributed by atoms with E-state index in [0.717, 1.165) is 37.7 Å². The van der Waals surface area contributed by atoms with Crippen LogP contribution in [0.5, 0.6) is 5.88 Å². The second kappa shape index (κ2) is 7.70. The number of amides is 2. The molecular weight excluding hydrogens is 346 g/mol. The molecule has 0 spiro atoms. The average Bonchev–Trinajstić information content (AvgIpc) is 3.60. The molecule has 8 nitrogen and oxygen atoms in total. The van der Waals surface area contributed by atoms with Gasteiger partial charge in [0, 0.05) is 44.7 Å². The first-order valence-corrected chi connectivity index (χ1v) is 9.93. The van der Waals surface area contributed by atoms with Gasteiger partial charge in [0.15, 0.2) is 5.82 Å². The van der Waals surface area contributed by atoms with Gasteiger partial charge in [0.2, 0.25) is 11.8 Å². The summed E-state index contributed by atoms with van der Waals surface area (Å²) < 4.78 is 5.16. The molecule has 3 aliphatic rings. The van der Waals surface area contributed by atoms with Crippen molar-refractivity contribution in [3.8, 4) is 5.88 Å². The molecule has 1 aromatic heterocycles. The topological polar surface area (TPSA) is 87.7 Å². The van der Waals surface area contributed by atoms with Gasteiger partial charge in [-0.25, -0.2) is 4.79 Å². The summed E-state index contributed by atoms with van der Waals surface area (Å²) in [6.45, 7) is 5.67. The number of rotatable bonds is 6. The van der Waals surface area contributed by atoms with Crippen molar-refractivity contribution in [2.45, 2.75) is 32.6 Å². The molecule has 2 unspecified atom stereocenters. The first-order valence-electron chi connectivity index (χ1n) is 9.93. The van der Waals surface area contributed by atoms with Gasteiger partial charge in [-0.15, -0.1) is 10.2 Å². The summed E-state index contributed by atoms with van der Waals surface area (Å²) in [4.78, 5) is 28.1. The van der Waals surface area contributed by atoms with Crippen LogP contribution in [0, 0.1) is 17.8 Å². The fourth-order valence-electron chi connectivity index (χ4n) is 3.51. The lowest BCUT2D eigenvalue weighted by Gasteiger charge is -2.35. The molecule has 1 saturated heterocycles. The van der Waals surface area contributed by atoms with Crippen molar-refractivity contribution in [2.75, 3.05) is 37.6 Å². The Morgan fingerprint density at radius 1 is 1.19 bits per heavy atom. The summed E-state index contributed by atoms with van der Waals surface area (Å²) in [5.74, 6) is 2.78. The zero-order valence-electron chi connectivity index (χ0n) is 15.8. The van der Waals surface area contributed by atoms with E-state index in [0.29, 0.717) is 31.5 Å². The van der Waals surface area contributed by atoms with Gasteiger partial charge in [0.25, 0.3) is 0 Å². The minimum atomic E-state index is -0.487. The van der Waals surface area contributed by atoms with Gasteiger partial charge in [0.05, 0.1) is 0 Å². The summed E-state index contributed by atoms with van der Waals surface area (Å²) >= 11 is 0. The highest BCUT2D eigenvalue weighted by Crippen LogP contribution is 2.39. The van der Waals surface area contributed by atoms with Gasteiger partial charge in [-0.05, 0) is 30.7 Å². The fourth-order valence-corrected chi connectivity index (χ4v) is 3.51. The van der Waals surface area contributed by atoms with Crippen LogP contribution >= 0.6 is 0 Å². The van der Waals surface area contributed by atoms with Crippen LogP contribution < -0.4 is 15.0 Å². The molecule has 0 radical (unpaired) electrons. The molecule has 0 bridgehead atoms. The monoisotopic (exact) mass is 373 g/mol. The molecule has 2 saturated carbocycles. The second-order valence-corrected chi connectivity index (χ2v) is 7.91. The Kier molecular flexibility index (Phi) is 5.13. The summed E-state index contributed by atoms with van der Waals surface area (Å²) in [7, 11) is 0. The van der Waals surface area contributed by atoms with Crippen molar-refractivity contribution in [3.05, 3.63) is 12.1 Å². The van der Waals surface area contributed by atoms with E-state index < -0.39 is 6.09 Å². The van der Waals surface area contributed by atoms with Crippen molar-refractivity contribution in [3.63, 3.8) is 0 Å². The van der Waals surface area contributed by atoms with Gasteiger partial charge in [0.1, 0.15) is 0 Å². The second-order valence-electron chi connectivity index (χ2n) is 7.91. The molecule has 27 heavy (non-hydrogen) atoms. The summed E-state index contributed by atoms with van der Waals surface area (Å²) in [6, 6.07) is 3.46. The molecule has 2 aliphatic carbocycles. The van der Waals surface area contributed by atoms with Crippen LogP contribution in [-0.2, 0) is 4.79 Å². The highest BCUT2D eigenvalue weighted by Gasteiger charge is 2.42. The van der Waals surface area contributed by atoms with E-state index >= 15 is 0 Å². The number of piperazine rings is 1. The van der Waals surface area contributed by atoms with Crippen molar-refractivity contribution in [1.82, 2.24) is 20.4 Å². The van der Waals surface area contributed by atoms with E-state index in [1.807, 2.05) is 4.90 Å². The standard InChI is InChI=1S/C19H27N5O3/c1-13-12-15(13)18(25)24-10-8-23(9-11-24)16-4-5-17(22-21-16)27-19(26)20-7-6-14-2-3-14/h4-5,13-15H,2-3,6-12H2,1H3,(H,20,26). The molecule has 1 aliphatic heterocycles. The van der Waals surface area contributed by atoms with Crippen LogP contribution in [0.15, 0.2) is 12.1 Å². The third-order valence-corrected chi connectivity index (χ3v) is 5.68. The Morgan fingerprint density at radius 2 is 1.93 bits per heavy atom. The van der Waals surface area contributed by atoms with Crippen LogP contribution in [0.2, 0.25) is 0 Å². The van der Waals surface area contributed by atoms with Crippen LogP contribution in [0.25, 0.3) is 0 Å². The van der Waals surface area contributed by atoms with Gasteiger partial charge >= 0.3 is 6.09 Å². The Labute approximate surface area is 159 Å². The van der Waals surface area contributed by atoms with E-state index in [4.69, 9.17) is 4.74 Å². The van der Waals surface area contributed by atoms with Gasteiger partial charge in [-0.1, -0.05) is 19.8 Å². The maximum atomic E-state index is 12.3. The Bertz CT molecular complexity index is 683. The third-order valence-electron chi connectivity index (χ3n) is 5.68.